The SMILES string of the molecule is COc1ccc(C2=C(Nc3ccc(F)c(F)c3)C(=O)N(c3ccc(F)cc3)C2=O)cc1OC. The normalized spacial score (nSPS) is 13.5. The van der Waals surface area contributed by atoms with Gasteiger partial charge in [-0.3, -0.25) is 9.59 Å². The molecule has 0 fully saturated rings. The van der Waals surface area contributed by atoms with Crippen LogP contribution in [0.25, 0.3) is 5.57 Å². The topological polar surface area (TPSA) is 67.9 Å². The summed E-state index contributed by atoms with van der Waals surface area (Å²) in [6.07, 6.45) is 0. The van der Waals surface area contributed by atoms with Gasteiger partial charge in [0, 0.05) is 11.8 Å². The van der Waals surface area contributed by atoms with E-state index in [0.717, 1.165) is 29.2 Å². The Kier molecular flexibility index (Phi) is 5.78. The van der Waals surface area contributed by atoms with Crippen LogP contribution in [0, 0.1) is 17.5 Å². The van der Waals surface area contributed by atoms with Gasteiger partial charge in [-0.15, -0.1) is 0 Å². The van der Waals surface area contributed by atoms with Crippen LogP contribution < -0.4 is 19.7 Å². The highest BCUT2D eigenvalue weighted by Gasteiger charge is 2.40. The standard InChI is InChI=1S/C24H17F3N2O4/c1-32-19-10-3-13(11-20(19)33-2)21-22(28-15-6-9-17(26)18(27)12-15)24(31)29(23(21)30)16-7-4-14(25)5-8-16/h3-12,28H,1-2H3. The Bertz CT molecular complexity index is 1290. The van der Waals surface area contributed by atoms with E-state index in [1.54, 1.807) is 12.1 Å². The predicted molar refractivity (Wildman–Crippen MR) is 115 cm³/mol. The Morgan fingerprint density at radius 3 is 2.09 bits per heavy atom. The molecule has 0 bridgehead atoms. The smallest absolute Gasteiger partial charge is 0.282 e. The van der Waals surface area contributed by atoms with Gasteiger partial charge in [0.2, 0.25) is 0 Å². The summed E-state index contributed by atoms with van der Waals surface area (Å²) < 4.78 is 51.0. The Morgan fingerprint density at radius 1 is 0.758 bits per heavy atom. The number of hydrogen-bond donors (Lipinski definition) is 1. The van der Waals surface area contributed by atoms with Crippen molar-refractivity contribution in [1.82, 2.24) is 0 Å². The van der Waals surface area contributed by atoms with Gasteiger partial charge in [0.15, 0.2) is 23.1 Å². The summed E-state index contributed by atoms with van der Waals surface area (Å²) in [5.41, 5.74) is 0.328. The third-order valence-corrected chi connectivity index (χ3v) is 5.03. The number of anilines is 2. The van der Waals surface area contributed by atoms with E-state index >= 15 is 0 Å². The molecule has 3 aromatic rings. The second kappa shape index (κ2) is 8.70. The van der Waals surface area contributed by atoms with Crippen molar-refractivity contribution < 1.29 is 32.2 Å². The van der Waals surface area contributed by atoms with Crippen molar-refractivity contribution >= 4 is 28.8 Å². The van der Waals surface area contributed by atoms with Gasteiger partial charge < -0.3 is 14.8 Å². The van der Waals surface area contributed by atoms with E-state index in [1.807, 2.05) is 0 Å². The molecule has 0 radical (unpaired) electrons. The zero-order valence-corrected chi connectivity index (χ0v) is 17.5. The van der Waals surface area contributed by atoms with Crippen LogP contribution in [0.15, 0.2) is 66.4 Å². The van der Waals surface area contributed by atoms with Crippen LogP contribution in [0.1, 0.15) is 5.56 Å². The number of nitrogens with one attached hydrogen (secondary N) is 1. The minimum Gasteiger partial charge on any atom is -0.493 e. The zero-order valence-electron chi connectivity index (χ0n) is 17.5. The number of rotatable bonds is 6. The molecule has 0 saturated carbocycles. The molecule has 0 aromatic heterocycles. The van der Waals surface area contributed by atoms with Crippen LogP contribution in [0.2, 0.25) is 0 Å². The molecule has 0 aliphatic carbocycles. The molecule has 168 valence electrons. The molecule has 0 spiro atoms. The Hall–Kier alpha value is -4.27. The minimum atomic E-state index is -1.12. The molecule has 3 aromatic carbocycles. The Balaban J connectivity index is 1.85. The molecule has 1 N–H and O–H groups in total. The fourth-order valence-corrected chi connectivity index (χ4v) is 3.45. The minimum absolute atomic E-state index is 0.0324. The van der Waals surface area contributed by atoms with Gasteiger partial charge in [-0.1, -0.05) is 6.07 Å². The molecule has 4 rings (SSSR count). The molecule has 0 unspecified atom stereocenters. The van der Waals surface area contributed by atoms with E-state index in [4.69, 9.17) is 9.47 Å². The molecule has 2 amide bonds. The fourth-order valence-electron chi connectivity index (χ4n) is 3.45. The van der Waals surface area contributed by atoms with Gasteiger partial charge in [-0.2, -0.15) is 0 Å². The van der Waals surface area contributed by atoms with Crippen molar-refractivity contribution in [3.63, 3.8) is 0 Å². The Labute approximate surface area is 186 Å². The first kappa shape index (κ1) is 21.9. The second-order valence-corrected chi connectivity index (χ2v) is 7.00. The number of imide groups is 1. The maximum absolute atomic E-state index is 13.7. The van der Waals surface area contributed by atoms with E-state index in [0.29, 0.717) is 17.1 Å². The van der Waals surface area contributed by atoms with Crippen molar-refractivity contribution in [2.75, 3.05) is 24.4 Å². The molecule has 33 heavy (non-hydrogen) atoms. The van der Waals surface area contributed by atoms with Crippen LogP contribution in [0.4, 0.5) is 24.5 Å². The number of halogens is 3. The number of carbonyl (C=O) groups excluding carboxylic acids is 2. The van der Waals surface area contributed by atoms with Crippen LogP contribution >= 0.6 is 0 Å². The summed E-state index contributed by atoms with van der Waals surface area (Å²) in [7, 11) is 2.87. The lowest BCUT2D eigenvalue weighted by Crippen LogP contribution is -2.32. The van der Waals surface area contributed by atoms with E-state index in [-0.39, 0.29) is 22.6 Å². The summed E-state index contributed by atoms with van der Waals surface area (Å²) in [5.74, 6) is -3.44. The average Bonchev–Trinajstić information content (AvgIpc) is 3.05. The molecule has 6 nitrogen and oxygen atoms in total. The summed E-state index contributed by atoms with van der Waals surface area (Å²) >= 11 is 0. The largest absolute Gasteiger partial charge is 0.493 e. The lowest BCUT2D eigenvalue weighted by atomic mass is 10.0. The molecular weight excluding hydrogens is 437 g/mol. The highest BCUT2D eigenvalue weighted by Crippen LogP contribution is 2.37. The van der Waals surface area contributed by atoms with Crippen LogP contribution in [-0.2, 0) is 9.59 Å². The molecule has 1 heterocycles. The molecule has 1 aliphatic heterocycles. The van der Waals surface area contributed by atoms with Crippen LogP contribution in [0.3, 0.4) is 0 Å². The van der Waals surface area contributed by atoms with Crippen LogP contribution in [0.5, 0.6) is 11.5 Å². The quantitative estimate of drug-likeness (QED) is 0.555. The van der Waals surface area contributed by atoms with E-state index < -0.39 is 29.3 Å². The van der Waals surface area contributed by atoms with E-state index in [9.17, 15) is 22.8 Å². The van der Waals surface area contributed by atoms with Crippen molar-refractivity contribution in [3.05, 3.63) is 89.4 Å². The predicted octanol–water partition coefficient (Wildman–Crippen LogP) is 4.52. The summed E-state index contributed by atoms with van der Waals surface area (Å²) in [5, 5.41) is 2.73. The molecule has 9 heteroatoms. The van der Waals surface area contributed by atoms with Crippen molar-refractivity contribution in [1.29, 1.82) is 0 Å². The number of ether oxygens (including phenoxy) is 2. The van der Waals surface area contributed by atoms with Crippen molar-refractivity contribution in [3.8, 4) is 11.5 Å². The van der Waals surface area contributed by atoms with Crippen molar-refractivity contribution in [2.45, 2.75) is 0 Å². The monoisotopic (exact) mass is 454 g/mol. The van der Waals surface area contributed by atoms with Gasteiger partial charge in [0.1, 0.15) is 11.5 Å². The van der Waals surface area contributed by atoms with Gasteiger partial charge in [0.05, 0.1) is 25.5 Å². The van der Waals surface area contributed by atoms with Gasteiger partial charge in [-0.05, 0) is 54.1 Å². The first-order valence-electron chi connectivity index (χ1n) is 9.67. The molecule has 1 aliphatic rings. The maximum Gasteiger partial charge on any atom is 0.282 e. The first-order chi connectivity index (χ1) is 15.8. The van der Waals surface area contributed by atoms with Crippen LogP contribution in [-0.4, -0.2) is 26.0 Å². The Morgan fingerprint density at radius 2 is 1.45 bits per heavy atom. The molecule has 0 saturated heterocycles. The molecule has 0 atom stereocenters. The van der Waals surface area contributed by atoms with E-state index in [2.05, 4.69) is 5.32 Å². The number of benzene rings is 3. The maximum atomic E-state index is 13.7. The summed E-state index contributed by atoms with van der Waals surface area (Å²) in [6, 6.07) is 12.4. The number of hydrogen-bond acceptors (Lipinski definition) is 5. The number of methoxy groups -OCH3 is 2. The third-order valence-electron chi connectivity index (χ3n) is 5.03. The highest BCUT2D eigenvalue weighted by atomic mass is 19.2. The summed E-state index contributed by atoms with van der Waals surface area (Å²) in [6.45, 7) is 0. The second-order valence-electron chi connectivity index (χ2n) is 7.00. The lowest BCUT2D eigenvalue weighted by Gasteiger charge is -2.15. The van der Waals surface area contributed by atoms with E-state index in [1.165, 1.54) is 38.5 Å². The number of nitrogens with zero attached hydrogens (tertiary/aromatic N) is 1. The lowest BCUT2D eigenvalue weighted by molar-refractivity contribution is -0.120. The first-order valence-corrected chi connectivity index (χ1v) is 9.67. The number of carbonyl (C=O) groups is 2. The highest BCUT2D eigenvalue weighted by molar-refractivity contribution is 6.46. The summed E-state index contributed by atoms with van der Waals surface area (Å²) in [4.78, 5) is 27.5. The molecular formula is C24H17F3N2O4. The number of amides is 2. The third kappa shape index (κ3) is 4.00. The zero-order chi connectivity index (χ0) is 23.7. The van der Waals surface area contributed by atoms with Gasteiger partial charge >= 0.3 is 0 Å². The average molecular weight is 454 g/mol. The van der Waals surface area contributed by atoms with Gasteiger partial charge in [-0.25, -0.2) is 18.1 Å². The van der Waals surface area contributed by atoms with Gasteiger partial charge in [0.25, 0.3) is 11.8 Å². The fraction of sp³-hybridized carbons (Fsp3) is 0.0833. The van der Waals surface area contributed by atoms with Crippen molar-refractivity contribution in [2.24, 2.45) is 0 Å².